The van der Waals surface area contributed by atoms with Gasteiger partial charge in [0.25, 0.3) is 0 Å². The summed E-state index contributed by atoms with van der Waals surface area (Å²) >= 11 is 0. The highest BCUT2D eigenvalue weighted by Gasteiger charge is 2.20. The van der Waals surface area contributed by atoms with Gasteiger partial charge in [-0.1, -0.05) is 31.5 Å². The summed E-state index contributed by atoms with van der Waals surface area (Å²) in [6, 6.07) is 9.22. The van der Waals surface area contributed by atoms with Crippen molar-refractivity contribution < 1.29 is 4.39 Å². The van der Waals surface area contributed by atoms with Crippen molar-refractivity contribution >= 4 is 5.69 Å². The van der Waals surface area contributed by atoms with Gasteiger partial charge in [0, 0.05) is 6.42 Å². The first-order chi connectivity index (χ1) is 7.14. The van der Waals surface area contributed by atoms with Crippen molar-refractivity contribution in [3.05, 3.63) is 30.3 Å². The quantitative estimate of drug-likeness (QED) is 0.497. The first kappa shape index (κ1) is 11.8. The molecule has 0 saturated heterocycles. The van der Waals surface area contributed by atoms with Crippen LogP contribution >= 0.6 is 0 Å². The molecule has 1 aromatic carbocycles. The molecule has 0 bridgehead atoms. The van der Waals surface area contributed by atoms with Gasteiger partial charge in [0.2, 0.25) is 5.79 Å². The summed E-state index contributed by atoms with van der Waals surface area (Å²) < 4.78 is 13.7. The number of azo groups is 1. The monoisotopic (exact) mass is 208 g/mol. The van der Waals surface area contributed by atoms with Crippen LogP contribution in [0.4, 0.5) is 10.1 Å². The highest BCUT2D eigenvalue weighted by atomic mass is 19.1. The molecule has 0 aromatic heterocycles. The molecule has 0 heterocycles. The molecule has 15 heavy (non-hydrogen) atoms. The number of alkyl halides is 1. The second-order valence-electron chi connectivity index (χ2n) is 3.78. The van der Waals surface area contributed by atoms with Crippen molar-refractivity contribution in [1.82, 2.24) is 0 Å². The van der Waals surface area contributed by atoms with Crippen LogP contribution in [0.25, 0.3) is 0 Å². The van der Waals surface area contributed by atoms with E-state index in [4.69, 9.17) is 0 Å². The van der Waals surface area contributed by atoms with E-state index in [1.54, 1.807) is 12.1 Å². The summed E-state index contributed by atoms with van der Waals surface area (Å²) in [5.41, 5.74) is 0.692. The van der Waals surface area contributed by atoms with Gasteiger partial charge >= 0.3 is 0 Å². The maximum Gasteiger partial charge on any atom is 0.217 e. The summed E-state index contributed by atoms with van der Waals surface area (Å²) in [7, 11) is 0. The van der Waals surface area contributed by atoms with E-state index >= 15 is 0 Å². The minimum Gasteiger partial charge on any atom is -0.216 e. The van der Waals surface area contributed by atoms with Crippen LogP contribution in [-0.4, -0.2) is 5.79 Å². The molecule has 0 spiro atoms. The van der Waals surface area contributed by atoms with Gasteiger partial charge in [-0.25, -0.2) is 4.39 Å². The third-order valence-electron chi connectivity index (χ3n) is 2.12. The lowest BCUT2D eigenvalue weighted by molar-refractivity contribution is 0.173. The Morgan fingerprint density at radius 2 is 1.93 bits per heavy atom. The van der Waals surface area contributed by atoms with Crippen molar-refractivity contribution in [3.8, 4) is 0 Å². The lowest BCUT2D eigenvalue weighted by Crippen LogP contribution is -2.12. The average molecular weight is 208 g/mol. The molecule has 2 nitrogen and oxygen atoms in total. The number of halogens is 1. The highest BCUT2D eigenvalue weighted by Crippen LogP contribution is 2.23. The molecule has 3 heteroatoms. The van der Waals surface area contributed by atoms with E-state index in [0.29, 0.717) is 12.1 Å². The molecule has 0 fully saturated rings. The van der Waals surface area contributed by atoms with Crippen LogP contribution in [0, 0.1) is 0 Å². The number of nitrogens with zero attached hydrogens (tertiary/aromatic N) is 2. The normalized spacial score (nSPS) is 15.4. The van der Waals surface area contributed by atoms with E-state index < -0.39 is 5.79 Å². The second kappa shape index (κ2) is 5.59. The number of unbranched alkanes of at least 4 members (excludes halogenated alkanes) is 1. The molecule has 1 unspecified atom stereocenters. The summed E-state index contributed by atoms with van der Waals surface area (Å²) in [5.74, 6) is -1.54. The topological polar surface area (TPSA) is 24.7 Å². The first-order valence-electron chi connectivity index (χ1n) is 5.31. The van der Waals surface area contributed by atoms with Crippen LogP contribution in [0.2, 0.25) is 0 Å². The fraction of sp³-hybridized carbons (Fsp3) is 0.500. The van der Waals surface area contributed by atoms with Crippen LogP contribution in [0.5, 0.6) is 0 Å². The summed E-state index contributed by atoms with van der Waals surface area (Å²) in [5, 5.41) is 7.60. The molecule has 0 amide bonds. The maximum absolute atomic E-state index is 13.7. The van der Waals surface area contributed by atoms with E-state index in [0.717, 1.165) is 12.8 Å². The van der Waals surface area contributed by atoms with Gasteiger partial charge in [-0.2, -0.15) is 5.11 Å². The van der Waals surface area contributed by atoms with E-state index in [2.05, 4.69) is 10.2 Å². The van der Waals surface area contributed by atoms with Crippen LogP contribution in [0.15, 0.2) is 40.6 Å². The SMILES string of the molecule is CCCCC(C)(F)N=Nc1ccccc1. The zero-order valence-corrected chi connectivity index (χ0v) is 9.28. The zero-order valence-electron chi connectivity index (χ0n) is 9.28. The van der Waals surface area contributed by atoms with E-state index in [1.165, 1.54) is 6.92 Å². The van der Waals surface area contributed by atoms with Gasteiger partial charge in [0.15, 0.2) is 0 Å². The second-order valence-corrected chi connectivity index (χ2v) is 3.78. The standard InChI is InChI=1S/C12H17FN2/c1-3-4-10-12(2,13)15-14-11-8-6-5-7-9-11/h5-9H,3-4,10H2,1-2H3. The van der Waals surface area contributed by atoms with Gasteiger partial charge in [0.1, 0.15) is 0 Å². The van der Waals surface area contributed by atoms with Crippen LogP contribution in [0.1, 0.15) is 33.1 Å². The Labute approximate surface area is 90.2 Å². The van der Waals surface area contributed by atoms with Crippen LogP contribution < -0.4 is 0 Å². The Bertz CT molecular complexity index is 307. The van der Waals surface area contributed by atoms with Crippen molar-refractivity contribution in [3.63, 3.8) is 0 Å². The van der Waals surface area contributed by atoms with E-state index in [9.17, 15) is 4.39 Å². The van der Waals surface area contributed by atoms with Gasteiger partial charge in [0.05, 0.1) is 5.69 Å². The predicted octanol–water partition coefficient (Wildman–Crippen LogP) is 4.65. The lowest BCUT2D eigenvalue weighted by atomic mass is 10.1. The van der Waals surface area contributed by atoms with Crippen molar-refractivity contribution in [1.29, 1.82) is 0 Å². The minimum absolute atomic E-state index is 0.430. The first-order valence-corrected chi connectivity index (χ1v) is 5.31. The lowest BCUT2D eigenvalue weighted by Gasteiger charge is -2.12. The third kappa shape index (κ3) is 4.68. The minimum atomic E-state index is -1.54. The molecule has 0 radical (unpaired) electrons. The summed E-state index contributed by atoms with van der Waals surface area (Å²) in [4.78, 5) is 0. The predicted molar refractivity (Wildman–Crippen MR) is 60.0 cm³/mol. The Balaban J connectivity index is 2.56. The van der Waals surface area contributed by atoms with Crippen LogP contribution in [-0.2, 0) is 0 Å². The third-order valence-corrected chi connectivity index (χ3v) is 2.12. The van der Waals surface area contributed by atoms with Crippen LogP contribution in [0.3, 0.4) is 0 Å². The van der Waals surface area contributed by atoms with Gasteiger partial charge in [-0.05, 0) is 25.5 Å². The fourth-order valence-corrected chi connectivity index (χ4v) is 1.21. The molecule has 82 valence electrons. The number of hydrogen-bond donors (Lipinski definition) is 0. The molecular formula is C12H17FN2. The average Bonchev–Trinajstić information content (AvgIpc) is 2.25. The maximum atomic E-state index is 13.7. The van der Waals surface area contributed by atoms with E-state index in [-0.39, 0.29) is 0 Å². The summed E-state index contributed by atoms with van der Waals surface area (Å²) in [6.07, 6.45) is 2.24. The molecule has 0 saturated carbocycles. The van der Waals surface area contributed by atoms with Gasteiger partial charge < -0.3 is 0 Å². The largest absolute Gasteiger partial charge is 0.217 e. The fourth-order valence-electron chi connectivity index (χ4n) is 1.21. The molecule has 1 atom stereocenters. The van der Waals surface area contributed by atoms with Gasteiger partial charge in [-0.3, -0.25) is 0 Å². The number of hydrogen-bond acceptors (Lipinski definition) is 2. The van der Waals surface area contributed by atoms with Crippen molar-refractivity contribution in [2.24, 2.45) is 10.2 Å². The van der Waals surface area contributed by atoms with Crippen molar-refractivity contribution in [2.75, 3.05) is 0 Å². The molecule has 1 aromatic rings. The molecule has 1 rings (SSSR count). The Kier molecular flexibility index (Phi) is 4.40. The Morgan fingerprint density at radius 1 is 1.27 bits per heavy atom. The smallest absolute Gasteiger partial charge is 0.216 e. The highest BCUT2D eigenvalue weighted by molar-refractivity contribution is 5.34. The zero-order chi connectivity index (χ0) is 11.1. The van der Waals surface area contributed by atoms with E-state index in [1.807, 2.05) is 25.1 Å². The Hall–Kier alpha value is -1.25. The number of rotatable bonds is 5. The molecule has 0 aliphatic rings. The molecule has 0 aliphatic carbocycles. The molecular weight excluding hydrogens is 191 g/mol. The Morgan fingerprint density at radius 3 is 2.53 bits per heavy atom. The molecule has 0 aliphatic heterocycles. The van der Waals surface area contributed by atoms with Gasteiger partial charge in [-0.15, -0.1) is 5.11 Å². The number of benzene rings is 1. The molecule has 0 N–H and O–H groups in total. The van der Waals surface area contributed by atoms with Crippen molar-refractivity contribution in [2.45, 2.75) is 38.9 Å². The summed E-state index contributed by atoms with van der Waals surface area (Å²) in [6.45, 7) is 3.50.